The SMILES string of the molecule is Cc1ccc(-c2ocnc2C(=O)Nc2ccc(F)cc2Cl)o1. The highest BCUT2D eigenvalue weighted by Crippen LogP contribution is 2.27. The molecule has 1 N–H and O–H groups in total. The molecule has 112 valence electrons. The predicted octanol–water partition coefficient (Wildman–Crippen LogP) is 4.29. The fourth-order valence-corrected chi connectivity index (χ4v) is 2.13. The first-order chi connectivity index (χ1) is 10.5. The van der Waals surface area contributed by atoms with Crippen LogP contribution in [0.15, 0.2) is 45.6 Å². The van der Waals surface area contributed by atoms with Crippen LogP contribution in [0.1, 0.15) is 16.2 Å². The first-order valence-corrected chi connectivity index (χ1v) is 6.69. The Bertz CT molecular complexity index is 841. The van der Waals surface area contributed by atoms with Crippen molar-refractivity contribution in [2.24, 2.45) is 0 Å². The van der Waals surface area contributed by atoms with E-state index < -0.39 is 11.7 Å². The van der Waals surface area contributed by atoms with Crippen molar-refractivity contribution in [2.75, 3.05) is 5.32 Å². The molecule has 5 nitrogen and oxygen atoms in total. The van der Waals surface area contributed by atoms with Gasteiger partial charge in [0.25, 0.3) is 5.91 Å². The molecule has 1 aromatic carbocycles. The van der Waals surface area contributed by atoms with Crippen molar-refractivity contribution < 1.29 is 18.0 Å². The molecular formula is C15H10ClFN2O3. The third-order valence-corrected chi connectivity index (χ3v) is 3.24. The quantitative estimate of drug-likeness (QED) is 0.781. The normalized spacial score (nSPS) is 10.7. The van der Waals surface area contributed by atoms with Crippen LogP contribution in [0.2, 0.25) is 5.02 Å². The van der Waals surface area contributed by atoms with Crippen LogP contribution in [0.5, 0.6) is 0 Å². The molecule has 1 amide bonds. The molecule has 0 spiro atoms. The van der Waals surface area contributed by atoms with Crippen LogP contribution < -0.4 is 5.32 Å². The van der Waals surface area contributed by atoms with Crippen molar-refractivity contribution >= 4 is 23.2 Å². The van der Waals surface area contributed by atoms with Crippen LogP contribution in [0, 0.1) is 12.7 Å². The van der Waals surface area contributed by atoms with Crippen molar-refractivity contribution in [1.29, 1.82) is 0 Å². The smallest absolute Gasteiger partial charge is 0.278 e. The van der Waals surface area contributed by atoms with Crippen LogP contribution in [-0.4, -0.2) is 10.9 Å². The molecular weight excluding hydrogens is 311 g/mol. The van der Waals surface area contributed by atoms with E-state index in [0.717, 1.165) is 12.5 Å². The molecule has 2 heterocycles. The highest BCUT2D eigenvalue weighted by Gasteiger charge is 2.21. The van der Waals surface area contributed by atoms with Crippen LogP contribution in [0.4, 0.5) is 10.1 Å². The van der Waals surface area contributed by atoms with Gasteiger partial charge in [-0.1, -0.05) is 11.6 Å². The van der Waals surface area contributed by atoms with E-state index in [1.165, 1.54) is 12.1 Å². The van der Waals surface area contributed by atoms with E-state index in [0.29, 0.717) is 11.5 Å². The number of nitrogens with zero attached hydrogens (tertiary/aromatic N) is 1. The Labute approximate surface area is 129 Å². The maximum Gasteiger partial charge on any atom is 0.278 e. The number of halogens is 2. The number of hydrogen-bond acceptors (Lipinski definition) is 4. The highest BCUT2D eigenvalue weighted by atomic mass is 35.5. The number of aromatic nitrogens is 1. The van der Waals surface area contributed by atoms with Crippen LogP contribution in [0.25, 0.3) is 11.5 Å². The molecule has 0 bridgehead atoms. The molecule has 3 aromatic rings. The number of aryl methyl sites for hydroxylation is 1. The lowest BCUT2D eigenvalue weighted by molar-refractivity contribution is 0.102. The van der Waals surface area contributed by atoms with Gasteiger partial charge in [-0.05, 0) is 37.3 Å². The summed E-state index contributed by atoms with van der Waals surface area (Å²) in [6, 6.07) is 7.10. The van der Waals surface area contributed by atoms with E-state index >= 15 is 0 Å². The summed E-state index contributed by atoms with van der Waals surface area (Å²) in [5.74, 6) is 0.260. The lowest BCUT2D eigenvalue weighted by Gasteiger charge is -2.06. The Morgan fingerprint density at radius 3 is 2.82 bits per heavy atom. The number of oxazole rings is 1. The average molecular weight is 321 g/mol. The molecule has 7 heteroatoms. The van der Waals surface area contributed by atoms with Gasteiger partial charge in [0.05, 0.1) is 10.7 Å². The molecule has 0 aliphatic heterocycles. The second-order valence-electron chi connectivity index (χ2n) is 4.52. The monoisotopic (exact) mass is 320 g/mol. The van der Waals surface area contributed by atoms with Gasteiger partial charge in [-0.2, -0.15) is 0 Å². The number of nitrogens with one attached hydrogen (secondary N) is 1. The third-order valence-electron chi connectivity index (χ3n) is 2.93. The number of amides is 1. The maximum atomic E-state index is 13.0. The minimum atomic E-state index is -0.536. The number of rotatable bonds is 3. The Kier molecular flexibility index (Phi) is 3.68. The van der Waals surface area contributed by atoms with Gasteiger partial charge in [-0.3, -0.25) is 4.79 Å². The first-order valence-electron chi connectivity index (χ1n) is 6.31. The lowest BCUT2D eigenvalue weighted by Crippen LogP contribution is -2.13. The van der Waals surface area contributed by atoms with Gasteiger partial charge in [0, 0.05) is 0 Å². The van der Waals surface area contributed by atoms with Gasteiger partial charge in [0.1, 0.15) is 11.6 Å². The zero-order chi connectivity index (χ0) is 15.7. The lowest BCUT2D eigenvalue weighted by atomic mass is 10.2. The number of carbonyl (C=O) groups excluding carboxylic acids is 1. The van der Waals surface area contributed by atoms with Gasteiger partial charge in [-0.15, -0.1) is 0 Å². The van der Waals surface area contributed by atoms with Gasteiger partial charge in [0.2, 0.25) is 5.76 Å². The van der Waals surface area contributed by atoms with E-state index in [9.17, 15) is 9.18 Å². The van der Waals surface area contributed by atoms with Crippen molar-refractivity contribution in [3.05, 3.63) is 59.0 Å². The highest BCUT2D eigenvalue weighted by molar-refractivity contribution is 6.33. The number of furan rings is 1. The minimum Gasteiger partial charge on any atom is -0.458 e. The Morgan fingerprint density at radius 2 is 2.14 bits per heavy atom. The van der Waals surface area contributed by atoms with E-state index in [-0.39, 0.29) is 22.2 Å². The fourth-order valence-electron chi connectivity index (χ4n) is 1.91. The summed E-state index contributed by atoms with van der Waals surface area (Å²) in [7, 11) is 0. The van der Waals surface area contributed by atoms with E-state index in [2.05, 4.69) is 10.3 Å². The zero-order valence-corrected chi connectivity index (χ0v) is 12.1. The molecule has 0 atom stereocenters. The van der Waals surface area contributed by atoms with Crippen LogP contribution in [0.3, 0.4) is 0 Å². The summed E-state index contributed by atoms with van der Waals surface area (Å²) in [6.07, 6.45) is 1.15. The van der Waals surface area contributed by atoms with Gasteiger partial charge in [-0.25, -0.2) is 9.37 Å². The molecule has 22 heavy (non-hydrogen) atoms. The number of benzene rings is 1. The predicted molar refractivity (Wildman–Crippen MR) is 78.3 cm³/mol. The molecule has 0 saturated carbocycles. The Balaban J connectivity index is 1.89. The summed E-state index contributed by atoms with van der Waals surface area (Å²) in [4.78, 5) is 16.2. The van der Waals surface area contributed by atoms with Gasteiger partial charge >= 0.3 is 0 Å². The number of hydrogen-bond donors (Lipinski definition) is 1. The summed E-state index contributed by atoms with van der Waals surface area (Å²) >= 11 is 5.88. The van der Waals surface area contributed by atoms with Gasteiger partial charge < -0.3 is 14.2 Å². The molecule has 0 aliphatic rings. The average Bonchev–Trinajstić information content (AvgIpc) is 3.10. The summed E-state index contributed by atoms with van der Waals surface area (Å²) in [6.45, 7) is 1.78. The Morgan fingerprint density at radius 1 is 1.32 bits per heavy atom. The molecule has 0 aliphatic carbocycles. The first kappa shape index (κ1) is 14.3. The van der Waals surface area contributed by atoms with Crippen molar-refractivity contribution in [2.45, 2.75) is 6.92 Å². The van der Waals surface area contributed by atoms with E-state index in [1.807, 2.05) is 0 Å². The number of anilines is 1. The fraction of sp³-hybridized carbons (Fsp3) is 0.0667. The minimum absolute atomic E-state index is 0.0507. The topological polar surface area (TPSA) is 68.3 Å². The van der Waals surface area contributed by atoms with Crippen molar-refractivity contribution in [3.8, 4) is 11.5 Å². The summed E-state index contributed by atoms with van der Waals surface area (Å²) in [5, 5.41) is 2.65. The summed E-state index contributed by atoms with van der Waals surface area (Å²) < 4.78 is 23.6. The van der Waals surface area contributed by atoms with Crippen molar-refractivity contribution in [3.63, 3.8) is 0 Å². The molecule has 0 fully saturated rings. The molecule has 2 aromatic heterocycles. The molecule has 3 rings (SSSR count). The maximum absolute atomic E-state index is 13.0. The van der Waals surface area contributed by atoms with Gasteiger partial charge in [0.15, 0.2) is 17.8 Å². The summed E-state index contributed by atoms with van der Waals surface area (Å²) in [5.41, 5.74) is 0.326. The van der Waals surface area contributed by atoms with Crippen LogP contribution in [-0.2, 0) is 0 Å². The molecule has 0 unspecified atom stereocenters. The molecule has 0 radical (unpaired) electrons. The third kappa shape index (κ3) is 2.73. The van der Waals surface area contributed by atoms with Crippen LogP contribution >= 0.6 is 11.6 Å². The largest absolute Gasteiger partial charge is 0.458 e. The van der Waals surface area contributed by atoms with Crippen molar-refractivity contribution in [1.82, 2.24) is 4.98 Å². The standard InChI is InChI=1S/C15H10ClFN2O3/c1-8-2-5-12(22-8)14-13(18-7-21-14)15(20)19-11-4-3-9(17)6-10(11)16/h2-7H,1H3,(H,19,20). The molecule has 0 saturated heterocycles. The second-order valence-corrected chi connectivity index (χ2v) is 4.93. The second kappa shape index (κ2) is 5.65. The zero-order valence-electron chi connectivity index (χ0n) is 11.4. The van der Waals surface area contributed by atoms with E-state index in [1.54, 1.807) is 19.1 Å². The van der Waals surface area contributed by atoms with E-state index in [4.69, 9.17) is 20.4 Å². The Hall–Kier alpha value is -2.60. The number of carbonyl (C=O) groups is 1.